The molecule has 2 aromatic heterocycles. The summed E-state index contributed by atoms with van der Waals surface area (Å²) in [6, 6.07) is 7.69. The molecule has 4 aromatic rings. The minimum absolute atomic E-state index is 0.0904. The Labute approximate surface area is 271 Å². The Morgan fingerprint density at radius 3 is 2.83 bits per heavy atom. The van der Waals surface area contributed by atoms with Crippen LogP contribution in [0.2, 0.25) is 0 Å². The summed E-state index contributed by atoms with van der Waals surface area (Å²) in [5.41, 5.74) is 3.68. The zero-order valence-corrected chi connectivity index (χ0v) is 27.2. The van der Waals surface area contributed by atoms with E-state index in [1.54, 1.807) is 30.2 Å². The van der Waals surface area contributed by atoms with E-state index in [9.17, 15) is 9.90 Å². The van der Waals surface area contributed by atoms with Crippen molar-refractivity contribution in [1.82, 2.24) is 15.0 Å². The summed E-state index contributed by atoms with van der Waals surface area (Å²) in [6.07, 6.45) is 11.6. The van der Waals surface area contributed by atoms with Gasteiger partial charge in [-0.05, 0) is 82.7 Å². The molecule has 46 heavy (non-hydrogen) atoms. The maximum absolute atomic E-state index is 15.6. The fourth-order valence-electron chi connectivity index (χ4n) is 6.35. The Morgan fingerprint density at radius 1 is 1.15 bits per heavy atom. The molecular formula is C36H39F2N3O4S. The van der Waals surface area contributed by atoms with Crippen LogP contribution in [0.4, 0.5) is 8.78 Å². The van der Waals surface area contributed by atoms with Gasteiger partial charge in [0.1, 0.15) is 17.4 Å². The molecule has 1 aliphatic carbocycles. The third-order valence-electron chi connectivity index (χ3n) is 8.95. The number of ether oxygens (including phenoxy) is 2. The topological polar surface area (TPSA) is 100 Å². The van der Waals surface area contributed by atoms with Crippen molar-refractivity contribution >= 4 is 28.6 Å². The Bertz CT molecular complexity index is 1820. The van der Waals surface area contributed by atoms with Crippen molar-refractivity contribution in [2.24, 2.45) is 0 Å². The fourth-order valence-corrected chi connectivity index (χ4v) is 7.51. The van der Waals surface area contributed by atoms with Crippen molar-refractivity contribution in [3.8, 4) is 22.9 Å². The number of carboxylic acids is 1. The molecule has 7 nitrogen and oxygen atoms in total. The van der Waals surface area contributed by atoms with Gasteiger partial charge in [-0.1, -0.05) is 17.7 Å². The van der Waals surface area contributed by atoms with E-state index in [2.05, 4.69) is 47.9 Å². The Morgan fingerprint density at radius 2 is 2.00 bits per heavy atom. The Balaban J connectivity index is 1.41. The molecule has 1 aliphatic heterocycles. The van der Waals surface area contributed by atoms with E-state index >= 15 is 8.78 Å². The molecular weight excluding hydrogens is 608 g/mol. The third kappa shape index (κ3) is 6.78. The van der Waals surface area contributed by atoms with Gasteiger partial charge >= 0.3 is 5.97 Å². The second-order valence-corrected chi connectivity index (χ2v) is 13.9. The second-order valence-electron chi connectivity index (χ2n) is 12.9. The van der Waals surface area contributed by atoms with E-state index in [-0.39, 0.29) is 17.7 Å². The van der Waals surface area contributed by atoms with Gasteiger partial charge in [-0.25, -0.2) is 13.8 Å². The van der Waals surface area contributed by atoms with Gasteiger partial charge in [0.05, 0.1) is 11.2 Å². The Kier molecular flexibility index (Phi) is 9.12. The highest BCUT2D eigenvalue weighted by Crippen LogP contribution is 2.42. The van der Waals surface area contributed by atoms with Crippen molar-refractivity contribution < 1.29 is 28.2 Å². The number of hydrogen-bond donors (Lipinski definition) is 3. The van der Waals surface area contributed by atoms with E-state index in [0.717, 1.165) is 53.5 Å². The number of nitrogens with zero attached hydrogens (tertiary/aromatic N) is 1. The minimum atomic E-state index is -0.812. The van der Waals surface area contributed by atoms with Gasteiger partial charge in [0.25, 0.3) is 0 Å². The van der Waals surface area contributed by atoms with Gasteiger partial charge in [0.2, 0.25) is 0 Å². The number of benzene rings is 2. The standard InChI is InChI=1S/C36H39F2N3O4S/c1-35(2)21-46-20-27-25-12-14-39-30(25)18-29(38)33(27)45-24-9-10-28(37)26(17-24)34-40-19-31(41-34)36(3,13-5-15-44-35)23-7-4-6-22(16-23)8-11-32(42)43/h7,9-10,12,14,16-19,39H,4-6,8,11,13,15,20-21H2,1-3H3,(H,40,41)(H,42,43). The number of halogens is 2. The lowest BCUT2D eigenvalue weighted by Gasteiger charge is -2.33. The molecule has 10 heteroatoms. The monoisotopic (exact) mass is 647 g/mol. The van der Waals surface area contributed by atoms with Crippen LogP contribution in [0.3, 0.4) is 0 Å². The number of hydrogen-bond acceptors (Lipinski definition) is 5. The predicted molar refractivity (Wildman–Crippen MR) is 177 cm³/mol. The summed E-state index contributed by atoms with van der Waals surface area (Å²) >= 11 is 1.65. The number of aliphatic carboxylic acids is 1. The number of allylic oxidation sites excluding steroid dienone is 4. The second kappa shape index (κ2) is 13.1. The normalized spacial score (nSPS) is 20.5. The number of aromatic amines is 2. The molecule has 2 aliphatic rings. The molecule has 0 saturated carbocycles. The van der Waals surface area contributed by atoms with Gasteiger partial charge in [0.15, 0.2) is 11.6 Å². The molecule has 0 amide bonds. The third-order valence-corrected chi connectivity index (χ3v) is 10.3. The van der Waals surface area contributed by atoms with Crippen LogP contribution in [0.25, 0.3) is 22.3 Å². The lowest BCUT2D eigenvalue weighted by atomic mass is 9.73. The first-order valence-electron chi connectivity index (χ1n) is 15.7. The smallest absolute Gasteiger partial charge is 0.303 e. The first kappa shape index (κ1) is 32.1. The number of nitrogens with one attached hydrogen (secondary N) is 2. The summed E-state index contributed by atoms with van der Waals surface area (Å²) in [6.45, 7) is 6.80. The van der Waals surface area contributed by atoms with Crippen molar-refractivity contribution in [1.29, 1.82) is 0 Å². The molecule has 2 aromatic carbocycles. The summed E-state index contributed by atoms with van der Waals surface area (Å²) in [5.74, 6) is 0.116. The molecule has 0 saturated heterocycles. The first-order chi connectivity index (χ1) is 22.0. The predicted octanol–water partition coefficient (Wildman–Crippen LogP) is 9.22. The number of H-pyrrole nitrogens is 2. The largest absolute Gasteiger partial charge is 0.481 e. The zero-order chi connectivity index (χ0) is 32.5. The summed E-state index contributed by atoms with van der Waals surface area (Å²) < 4.78 is 43.5. The van der Waals surface area contributed by atoms with Crippen molar-refractivity contribution in [2.45, 2.75) is 76.1 Å². The van der Waals surface area contributed by atoms with Crippen LogP contribution in [0.15, 0.2) is 66.0 Å². The highest BCUT2D eigenvalue weighted by atomic mass is 32.2. The minimum Gasteiger partial charge on any atom is -0.481 e. The van der Waals surface area contributed by atoms with Gasteiger partial charge in [-0.15, -0.1) is 0 Å². The molecule has 0 radical (unpaired) electrons. The number of rotatable bonds is 4. The average molecular weight is 648 g/mol. The maximum Gasteiger partial charge on any atom is 0.303 e. The van der Waals surface area contributed by atoms with E-state index < -0.39 is 28.6 Å². The van der Waals surface area contributed by atoms with Crippen molar-refractivity contribution in [3.63, 3.8) is 0 Å². The molecule has 242 valence electrons. The number of thioether (sulfide) groups is 1. The van der Waals surface area contributed by atoms with Crippen LogP contribution in [0.5, 0.6) is 11.5 Å². The van der Waals surface area contributed by atoms with Crippen LogP contribution in [-0.4, -0.2) is 44.0 Å². The Hall–Kier alpha value is -3.89. The summed E-state index contributed by atoms with van der Waals surface area (Å²) in [4.78, 5) is 22.4. The van der Waals surface area contributed by atoms with E-state index in [4.69, 9.17) is 9.47 Å². The number of carboxylic acid groups (broad SMARTS) is 1. The van der Waals surface area contributed by atoms with E-state index in [0.29, 0.717) is 41.6 Å². The van der Waals surface area contributed by atoms with Gasteiger partial charge in [0, 0.05) is 70.6 Å². The molecule has 3 heterocycles. The number of aromatic nitrogens is 3. The average Bonchev–Trinajstić information content (AvgIpc) is 3.71. The molecule has 1 atom stereocenters. The molecule has 6 rings (SSSR count). The maximum atomic E-state index is 15.6. The summed E-state index contributed by atoms with van der Waals surface area (Å²) in [5, 5.41) is 10.1. The number of carbonyl (C=O) groups is 1. The zero-order valence-electron chi connectivity index (χ0n) is 26.3. The van der Waals surface area contributed by atoms with E-state index in [1.807, 2.05) is 6.07 Å². The number of imidazole rings is 1. The molecule has 0 spiro atoms. The van der Waals surface area contributed by atoms with Crippen molar-refractivity contribution in [2.75, 3.05) is 12.4 Å². The first-order valence-corrected chi connectivity index (χ1v) is 16.8. The molecule has 1 unspecified atom stereocenters. The highest BCUT2D eigenvalue weighted by Gasteiger charge is 2.34. The van der Waals surface area contributed by atoms with Crippen molar-refractivity contribution in [3.05, 3.63) is 88.9 Å². The van der Waals surface area contributed by atoms with Crippen LogP contribution < -0.4 is 4.74 Å². The van der Waals surface area contributed by atoms with Crippen LogP contribution in [-0.2, 0) is 20.7 Å². The SMILES string of the molecule is CC1(C)CSCc2c(c(F)cc3[nH]ccc23)Oc2ccc(F)c(c2)-c2ncc([nH]2)C(C)(C2=CCCC(CCC(=O)O)=C2)CCCO1. The fraction of sp³-hybridized carbons (Fsp3) is 0.389. The van der Waals surface area contributed by atoms with Gasteiger partial charge in [-0.2, -0.15) is 11.8 Å². The molecule has 4 bridgehead atoms. The molecule has 3 N–H and O–H groups in total. The number of fused-ring (bicyclic) bond motifs is 8. The molecule has 0 fully saturated rings. The van der Waals surface area contributed by atoms with E-state index in [1.165, 1.54) is 18.2 Å². The van der Waals surface area contributed by atoms with Crippen LogP contribution in [0.1, 0.15) is 70.6 Å². The summed E-state index contributed by atoms with van der Waals surface area (Å²) in [7, 11) is 0. The quantitative estimate of drug-likeness (QED) is 0.204. The van der Waals surface area contributed by atoms with Crippen LogP contribution >= 0.6 is 11.8 Å². The van der Waals surface area contributed by atoms with Gasteiger partial charge in [-0.3, -0.25) is 4.79 Å². The lowest BCUT2D eigenvalue weighted by Crippen LogP contribution is -2.30. The lowest BCUT2D eigenvalue weighted by molar-refractivity contribution is -0.136. The van der Waals surface area contributed by atoms with Crippen LogP contribution in [0, 0.1) is 11.6 Å². The highest BCUT2D eigenvalue weighted by molar-refractivity contribution is 7.98. The van der Waals surface area contributed by atoms with Gasteiger partial charge < -0.3 is 24.5 Å².